The molecule has 1 saturated carbocycles. The van der Waals surface area contributed by atoms with E-state index in [9.17, 15) is 4.79 Å². The van der Waals surface area contributed by atoms with Gasteiger partial charge in [-0.2, -0.15) is 5.10 Å². The summed E-state index contributed by atoms with van der Waals surface area (Å²) in [4.78, 5) is 11.2. The average Bonchev–Trinajstić information content (AvgIpc) is 2.93. The number of nitrogens with one attached hydrogen (secondary N) is 2. The molecular formula is C8H12N4OS. The molecule has 0 atom stereocenters. The van der Waals surface area contributed by atoms with Gasteiger partial charge in [0, 0.05) is 19.0 Å². The number of nitrogens with zero attached hydrogens (tertiary/aromatic N) is 2. The van der Waals surface area contributed by atoms with E-state index in [1.54, 1.807) is 10.9 Å². The highest BCUT2D eigenvalue weighted by Crippen LogP contribution is 2.28. The summed E-state index contributed by atoms with van der Waals surface area (Å²) in [5.74, 6) is 0.437. The van der Waals surface area contributed by atoms with Crippen molar-refractivity contribution in [1.82, 2.24) is 20.1 Å². The predicted octanol–water partition coefficient (Wildman–Crippen LogP) is 0.467. The Labute approximate surface area is 86.5 Å². The van der Waals surface area contributed by atoms with Crippen LogP contribution in [0.2, 0.25) is 0 Å². The summed E-state index contributed by atoms with van der Waals surface area (Å²) in [5.41, 5.74) is 0. The van der Waals surface area contributed by atoms with Gasteiger partial charge in [-0.05, 0) is 25.1 Å². The van der Waals surface area contributed by atoms with Gasteiger partial charge < -0.3 is 9.88 Å². The second-order valence-electron chi connectivity index (χ2n) is 3.42. The summed E-state index contributed by atoms with van der Waals surface area (Å²) in [6, 6.07) is 0. The number of aromatic nitrogens is 3. The first-order chi connectivity index (χ1) is 6.77. The zero-order valence-electron chi connectivity index (χ0n) is 7.69. The molecule has 0 bridgehead atoms. The maximum Gasteiger partial charge on any atom is 0.223 e. The minimum absolute atomic E-state index is 0.167. The van der Waals surface area contributed by atoms with Gasteiger partial charge in [0.2, 0.25) is 5.91 Å². The molecule has 2 N–H and O–H groups in total. The van der Waals surface area contributed by atoms with Gasteiger partial charge in [-0.3, -0.25) is 9.89 Å². The molecule has 1 heterocycles. The minimum atomic E-state index is 0.167. The molecule has 14 heavy (non-hydrogen) atoms. The quantitative estimate of drug-likeness (QED) is 0.713. The van der Waals surface area contributed by atoms with Crippen LogP contribution in [0.1, 0.15) is 12.8 Å². The highest BCUT2D eigenvalue weighted by molar-refractivity contribution is 7.71. The Morgan fingerprint density at radius 1 is 1.79 bits per heavy atom. The van der Waals surface area contributed by atoms with Gasteiger partial charge in [-0.15, -0.1) is 0 Å². The van der Waals surface area contributed by atoms with Crippen LogP contribution in [0.3, 0.4) is 0 Å². The summed E-state index contributed by atoms with van der Waals surface area (Å²) < 4.78 is 2.38. The van der Waals surface area contributed by atoms with Crippen LogP contribution in [0.15, 0.2) is 6.33 Å². The van der Waals surface area contributed by atoms with Crippen molar-refractivity contribution in [3.63, 3.8) is 0 Å². The number of carbonyl (C=O) groups is 1. The van der Waals surface area contributed by atoms with Crippen LogP contribution >= 0.6 is 12.2 Å². The largest absolute Gasteiger partial charge is 0.354 e. The maximum atomic E-state index is 11.2. The Morgan fingerprint density at radius 3 is 3.14 bits per heavy atom. The van der Waals surface area contributed by atoms with Gasteiger partial charge >= 0.3 is 0 Å². The van der Waals surface area contributed by atoms with Crippen LogP contribution in [0.25, 0.3) is 0 Å². The molecule has 2 rings (SSSR count). The Morgan fingerprint density at radius 2 is 2.57 bits per heavy atom. The molecule has 6 heteroatoms. The summed E-state index contributed by atoms with van der Waals surface area (Å²) >= 11 is 4.96. The molecule has 1 aromatic rings. The van der Waals surface area contributed by atoms with Gasteiger partial charge in [-0.1, -0.05) is 0 Å². The lowest BCUT2D eigenvalue weighted by Crippen LogP contribution is -2.28. The number of hydrogen-bond donors (Lipinski definition) is 2. The van der Waals surface area contributed by atoms with E-state index in [-0.39, 0.29) is 11.8 Å². The smallest absolute Gasteiger partial charge is 0.223 e. The van der Waals surface area contributed by atoms with Crippen LogP contribution in [0.5, 0.6) is 0 Å². The molecule has 0 radical (unpaired) electrons. The lowest BCUT2D eigenvalue weighted by Gasteiger charge is -2.03. The molecule has 5 nitrogen and oxygen atoms in total. The lowest BCUT2D eigenvalue weighted by atomic mass is 10.4. The molecule has 1 aliphatic carbocycles. The number of amides is 1. The van der Waals surface area contributed by atoms with E-state index in [1.807, 2.05) is 0 Å². The molecule has 0 spiro atoms. The van der Waals surface area contributed by atoms with E-state index in [1.165, 1.54) is 0 Å². The fourth-order valence-electron chi connectivity index (χ4n) is 1.22. The first kappa shape index (κ1) is 9.39. The van der Waals surface area contributed by atoms with Crippen molar-refractivity contribution in [2.24, 2.45) is 5.92 Å². The monoisotopic (exact) mass is 212 g/mol. The second kappa shape index (κ2) is 3.91. The molecule has 1 aliphatic rings. The molecule has 1 amide bonds. The first-order valence-electron chi connectivity index (χ1n) is 4.65. The number of rotatable bonds is 4. The molecule has 0 saturated heterocycles. The molecule has 0 aromatic carbocycles. The third-order valence-corrected chi connectivity index (χ3v) is 2.54. The molecule has 1 aromatic heterocycles. The zero-order valence-corrected chi connectivity index (χ0v) is 8.51. The van der Waals surface area contributed by atoms with Crippen LogP contribution in [-0.4, -0.2) is 27.2 Å². The zero-order chi connectivity index (χ0) is 9.97. The number of aromatic amines is 1. The van der Waals surface area contributed by atoms with Crippen molar-refractivity contribution in [3.8, 4) is 0 Å². The van der Waals surface area contributed by atoms with E-state index >= 15 is 0 Å². The van der Waals surface area contributed by atoms with Gasteiger partial charge in [0.1, 0.15) is 6.33 Å². The van der Waals surface area contributed by atoms with Gasteiger partial charge in [0.05, 0.1) is 0 Å². The first-order valence-corrected chi connectivity index (χ1v) is 5.06. The van der Waals surface area contributed by atoms with Gasteiger partial charge in [-0.25, -0.2) is 0 Å². The van der Waals surface area contributed by atoms with Crippen molar-refractivity contribution in [2.45, 2.75) is 19.4 Å². The van der Waals surface area contributed by atoms with Gasteiger partial charge in [0.25, 0.3) is 0 Å². The van der Waals surface area contributed by atoms with Crippen LogP contribution in [0, 0.1) is 10.7 Å². The third-order valence-electron chi connectivity index (χ3n) is 2.22. The number of hydrogen-bond acceptors (Lipinski definition) is 3. The summed E-state index contributed by atoms with van der Waals surface area (Å²) in [6.07, 6.45) is 3.71. The van der Waals surface area contributed by atoms with E-state index < -0.39 is 0 Å². The van der Waals surface area contributed by atoms with E-state index in [0.717, 1.165) is 12.8 Å². The standard InChI is InChI=1S/C8H12N4OS/c13-7(6-1-2-6)9-3-4-12-5-10-11-8(12)14/h5-6H,1-4H2,(H,9,13)(H,11,14). The normalized spacial score (nSPS) is 15.4. The van der Waals surface area contributed by atoms with Crippen molar-refractivity contribution in [3.05, 3.63) is 11.1 Å². The molecule has 0 unspecified atom stereocenters. The number of carbonyl (C=O) groups excluding carboxylic acids is 1. The van der Waals surface area contributed by atoms with Crippen LogP contribution < -0.4 is 5.32 Å². The fraction of sp³-hybridized carbons (Fsp3) is 0.625. The van der Waals surface area contributed by atoms with E-state index in [4.69, 9.17) is 12.2 Å². The SMILES string of the molecule is O=C(NCCn1cn[nH]c1=S)C1CC1. The molecule has 0 aliphatic heterocycles. The summed E-state index contributed by atoms with van der Waals surface area (Å²) in [6.45, 7) is 1.29. The van der Waals surface area contributed by atoms with Crippen molar-refractivity contribution >= 4 is 18.1 Å². The average molecular weight is 212 g/mol. The molecule has 76 valence electrons. The summed E-state index contributed by atoms with van der Waals surface area (Å²) in [7, 11) is 0. The van der Waals surface area contributed by atoms with Crippen molar-refractivity contribution in [2.75, 3.05) is 6.54 Å². The molecule has 1 fully saturated rings. The topological polar surface area (TPSA) is 62.7 Å². The Balaban J connectivity index is 1.75. The maximum absolute atomic E-state index is 11.2. The van der Waals surface area contributed by atoms with Crippen LogP contribution in [-0.2, 0) is 11.3 Å². The fourth-order valence-corrected chi connectivity index (χ4v) is 1.41. The second-order valence-corrected chi connectivity index (χ2v) is 3.81. The third kappa shape index (κ3) is 2.20. The Bertz CT molecular complexity index is 379. The highest BCUT2D eigenvalue weighted by Gasteiger charge is 2.28. The highest BCUT2D eigenvalue weighted by atomic mass is 32.1. The summed E-state index contributed by atoms with van der Waals surface area (Å²) in [5, 5.41) is 9.31. The van der Waals surface area contributed by atoms with Crippen LogP contribution in [0.4, 0.5) is 0 Å². The Hall–Kier alpha value is -1.17. The van der Waals surface area contributed by atoms with Gasteiger partial charge in [0.15, 0.2) is 4.77 Å². The predicted molar refractivity (Wildman–Crippen MR) is 53.1 cm³/mol. The minimum Gasteiger partial charge on any atom is -0.354 e. The van der Waals surface area contributed by atoms with E-state index in [2.05, 4.69) is 15.5 Å². The lowest BCUT2D eigenvalue weighted by molar-refractivity contribution is -0.122. The Kier molecular flexibility index (Phi) is 2.62. The van der Waals surface area contributed by atoms with E-state index in [0.29, 0.717) is 17.9 Å². The van der Waals surface area contributed by atoms with Crippen molar-refractivity contribution < 1.29 is 4.79 Å². The molecular weight excluding hydrogens is 200 g/mol. The number of H-pyrrole nitrogens is 1. The van der Waals surface area contributed by atoms with Crippen molar-refractivity contribution in [1.29, 1.82) is 0 Å².